The van der Waals surface area contributed by atoms with Crippen molar-refractivity contribution < 1.29 is 24.0 Å². The number of halogens is 1. The van der Waals surface area contributed by atoms with Crippen LogP contribution in [0.1, 0.15) is 27.0 Å². The van der Waals surface area contributed by atoms with Crippen molar-refractivity contribution in [3.05, 3.63) is 97.5 Å². The Balaban J connectivity index is 1.50. The number of aryl methyl sites for hydroxylation is 2. The normalized spacial score (nSPS) is 10.7. The lowest BCUT2D eigenvalue weighted by Gasteiger charge is -2.11. The van der Waals surface area contributed by atoms with E-state index in [1.807, 2.05) is 6.07 Å². The fourth-order valence-corrected chi connectivity index (χ4v) is 3.41. The van der Waals surface area contributed by atoms with Crippen LogP contribution in [0.5, 0.6) is 11.5 Å². The summed E-state index contributed by atoms with van der Waals surface area (Å²) in [5, 5.41) is 14.8. The highest BCUT2D eigenvalue weighted by Gasteiger charge is 2.14. The summed E-state index contributed by atoms with van der Waals surface area (Å²) in [6, 6.07) is 16.2. The summed E-state index contributed by atoms with van der Waals surface area (Å²) in [7, 11) is 0. The summed E-state index contributed by atoms with van der Waals surface area (Å²) in [5.74, 6) is -0.187. The minimum atomic E-state index is -0.493. The predicted molar refractivity (Wildman–Crippen MR) is 129 cm³/mol. The van der Waals surface area contributed by atoms with E-state index in [-0.39, 0.29) is 12.3 Å². The first-order valence-electron chi connectivity index (χ1n) is 10.0. The summed E-state index contributed by atoms with van der Waals surface area (Å²) < 4.78 is 11.6. The van der Waals surface area contributed by atoms with Crippen molar-refractivity contribution in [2.75, 3.05) is 6.61 Å². The number of amides is 1. The Morgan fingerprint density at radius 3 is 2.38 bits per heavy atom. The number of carbonyl (C=O) groups excluding carboxylic acids is 2. The standard InChI is InChI=1S/C24H20BrN3O6/c1-15-10-20(28(31)32)11-16(2)23(15)33-14-22(29)27-26-13-17-6-8-21(9-7-17)34-24(30)18-4-3-5-19(25)12-18/h3-13H,14H2,1-2H3,(H,27,29)/b26-13-. The molecule has 0 saturated carbocycles. The molecule has 0 spiro atoms. The number of hydrogen-bond donors (Lipinski definition) is 1. The van der Waals surface area contributed by atoms with Crippen LogP contribution in [0.2, 0.25) is 0 Å². The molecule has 0 aliphatic rings. The lowest BCUT2D eigenvalue weighted by molar-refractivity contribution is -0.385. The largest absolute Gasteiger partial charge is 0.483 e. The van der Waals surface area contributed by atoms with Crippen molar-refractivity contribution in [3.63, 3.8) is 0 Å². The summed E-state index contributed by atoms with van der Waals surface area (Å²) in [6.07, 6.45) is 1.43. The van der Waals surface area contributed by atoms with Crippen molar-refractivity contribution in [3.8, 4) is 11.5 Å². The number of esters is 1. The van der Waals surface area contributed by atoms with E-state index in [9.17, 15) is 19.7 Å². The third-order valence-corrected chi connectivity index (χ3v) is 5.05. The van der Waals surface area contributed by atoms with Crippen LogP contribution in [0.15, 0.2) is 70.2 Å². The van der Waals surface area contributed by atoms with Crippen LogP contribution in [0.3, 0.4) is 0 Å². The lowest BCUT2D eigenvalue weighted by atomic mass is 10.1. The molecular weight excluding hydrogens is 506 g/mol. The third kappa shape index (κ3) is 6.72. The maximum absolute atomic E-state index is 12.2. The zero-order valence-corrected chi connectivity index (χ0v) is 19.9. The zero-order valence-electron chi connectivity index (χ0n) is 18.3. The number of rotatable bonds is 8. The van der Waals surface area contributed by atoms with Gasteiger partial charge in [0.1, 0.15) is 11.5 Å². The maximum atomic E-state index is 12.2. The van der Waals surface area contributed by atoms with Crippen molar-refractivity contribution in [1.29, 1.82) is 0 Å². The predicted octanol–water partition coefficient (Wildman–Crippen LogP) is 4.72. The topological polar surface area (TPSA) is 120 Å². The first-order valence-corrected chi connectivity index (χ1v) is 10.8. The SMILES string of the molecule is Cc1cc([N+](=O)[O-])cc(C)c1OCC(=O)N/N=C\c1ccc(OC(=O)c2cccc(Br)c2)cc1. The van der Waals surface area contributed by atoms with E-state index in [4.69, 9.17) is 9.47 Å². The van der Waals surface area contributed by atoms with Gasteiger partial charge in [0.2, 0.25) is 0 Å². The number of nitro groups is 1. The van der Waals surface area contributed by atoms with Crippen molar-refractivity contribution >= 4 is 39.7 Å². The fourth-order valence-electron chi connectivity index (χ4n) is 3.01. The van der Waals surface area contributed by atoms with Crippen molar-refractivity contribution in [1.82, 2.24) is 5.43 Å². The van der Waals surface area contributed by atoms with Gasteiger partial charge in [-0.05, 0) is 73.0 Å². The van der Waals surface area contributed by atoms with Crippen LogP contribution in [-0.2, 0) is 4.79 Å². The molecule has 3 aromatic carbocycles. The van der Waals surface area contributed by atoms with Gasteiger partial charge in [-0.1, -0.05) is 22.0 Å². The number of nitro benzene ring substituents is 1. The number of nitrogens with one attached hydrogen (secondary N) is 1. The molecule has 9 nitrogen and oxygen atoms in total. The van der Waals surface area contributed by atoms with E-state index in [1.165, 1.54) is 18.3 Å². The Bertz CT molecular complexity index is 1230. The van der Waals surface area contributed by atoms with Gasteiger partial charge in [-0.2, -0.15) is 5.10 Å². The molecule has 1 amide bonds. The number of ether oxygens (including phenoxy) is 2. The molecule has 0 aliphatic heterocycles. The van der Waals surface area contributed by atoms with Crippen molar-refractivity contribution in [2.24, 2.45) is 5.10 Å². The van der Waals surface area contributed by atoms with E-state index in [0.717, 1.165) is 4.47 Å². The highest BCUT2D eigenvalue weighted by molar-refractivity contribution is 9.10. The van der Waals surface area contributed by atoms with Crippen LogP contribution in [0.25, 0.3) is 0 Å². The number of nitrogens with zero attached hydrogens (tertiary/aromatic N) is 2. The molecule has 10 heteroatoms. The Morgan fingerprint density at radius 1 is 1.09 bits per heavy atom. The van der Waals surface area contributed by atoms with Crippen LogP contribution in [0, 0.1) is 24.0 Å². The molecule has 0 atom stereocenters. The molecule has 1 N–H and O–H groups in total. The molecule has 0 bridgehead atoms. The van der Waals surface area contributed by atoms with Gasteiger partial charge in [0.15, 0.2) is 6.61 Å². The fraction of sp³-hybridized carbons (Fsp3) is 0.125. The number of benzene rings is 3. The molecule has 0 aliphatic carbocycles. The second-order valence-corrected chi connectivity index (χ2v) is 8.13. The molecule has 0 saturated heterocycles. The quantitative estimate of drug-likeness (QED) is 0.149. The smallest absolute Gasteiger partial charge is 0.343 e. The number of hydrogen-bond acceptors (Lipinski definition) is 7. The average Bonchev–Trinajstić information content (AvgIpc) is 2.79. The van der Waals surface area contributed by atoms with Gasteiger partial charge in [-0.15, -0.1) is 0 Å². The van der Waals surface area contributed by atoms with Crippen LogP contribution >= 0.6 is 15.9 Å². The summed E-state index contributed by atoms with van der Waals surface area (Å²) in [6.45, 7) is 3.04. The van der Waals surface area contributed by atoms with E-state index in [2.05, 4.69) is 26.5 Å². The second kappa shape index (κ2) is 11.2. The molecule has 3 rings (SSSR count). The molecular formula is C24H20BrN3O6. The lowest BCUT2D eigenvalue weighted by Crippen LogP contribution is -2.25. The van der Waals surface area contributed by atoms with Gasteiger partial charge < -0.3 is 9.47 Å². The molecule has 34 heavy (non-hydrogen) atoms. The molecule has 0 aromatic heterocycles. The Labute approximate surface area is 203 Å². The van der Waals surface area contributed by atoms with E-state index in [1.54, 1.807) is 56.3 Å². The molecule has 0 unspecified atom stereocenters. The van der Waals surface area contributed by atoms with Crippen LogP contribution in [0.4, 0.5) is 5.69 Å². The highest BCUT2D eigenvalue weighted by Crippen LogP contribution is 2.28. The van der Waals surface area contributed by atoms with E-state index < -0.39 is 16.8 Å². The average molecular weight is 526 g/mol. The van der Waals surface area contributed by atoms with Gasteiger partial charge in [-0.25, -0.2) is 10.2 Å². The third-order valence-electron chi connectivity index (χ3n) is 4.56. The minimum Gasteiger partial charge on any atom is -0.483 e. The van der Waals surface area contributed by atoms with Gasteiger partial charge in [0.05, 0.1) is 16.7 Å². The summed E-state index contributed by atoms with van der Waals surface area (Å²) in [5.41, 5.74) is 4.52. The van der Waals surface area contributed by atoms with Crippen molar-refractivity contribution in [2.45, 2.75) is 13.8 Å². The summed E-state index contributed by atoms with van der Waals surface area (Å²) in [4.78, 5) is 34.6. The highest BCUT2D eigenvalue weighted by atomic mass is 79.9. The molecule has 0 fully saturated rings. The van der Waals surface area contributed by atoms with Gasteiger partial charge in [-0.3, -0.25) is 14.9 Å². The Hall–Kier alpha value is -4.05. The Kier molecular flexibility index (Phi) is 8.10. The van der Waals surface area contributed by atoms with E-state index >= 15 is 0 Å². The molecule has 174 valence electrons. The first-order chi connectivity index (χ1) is 16.2. The molecule has 0 radical (unpaired) electrons. The van der Waals surface area contributed by atoms with Gasteiger partial charge in [0, 0.05) is 16.6 Å². The second-order valence-electron chi connectivity index (χ2n) is 7.22. The van der Waals surface area contributed by atoms with Gasteiger partial charge in [0.25, 0.3) is 11.6 Å². The van der Waals surface area contributed by atoms with Crippen LogP contribution < -0.4 is 14.9 Å². The number of carbonyl (C=O) groups is 2. The summed E-state index contributed by atoms with van der Waals surface area (Å²) >= 11 is 3.31. The minimum absolute atomic E-state index is 0.0367. The first kappa shape index (κ1) is 24.6. The Morgan fingerprint density at radius 2 is 1.76 bits per heavy atom. The number of non-ortho nitro benzene ring substituents is 1. The van der Waals surface area contributed by atoms with E-state index in [0.29, 0.717) is 33.8 Å². The molecule has 3 aromatic rings. The number of hydrazone groups is 1. The monoisotopic (exact) mass is 525 g/mol. The van der Waals surface area contributed by atoms with Gasteiger partial charge >= 0.3 is 5.97 Å². The molecule has 0 heterocycles. The van der Waals surface area contributed by atoms with Crippen LogP contribution in [-0.4, -0.2) is 29.6 Å². The zero-order chi connectivity index (χ0) is 24.7. The maximum Gasteiger partial charge on any atom is 0.343 e.